The predicted molar refractivity (Wildman–Crippen MR) is 106 cm³/mol. The van der Waals surface area contributed by atoms with Gasteiger partial charge in [-0.3, -0.25) is 4.79 Å². The molecule has 1 fully saturated rings. The first-order valence-corrected chi connectivity index (χ1v) is 9.59. The maximum Gasteiger partial charge on any atom is 0.314 e. The molecule has 2 aromatic rings. The van der Waals surface area contributed by atoms with Crippen molar-refractivity contribution in [2.24, 2.45) is 5.73 Å². The maximum atomic E-state index is 12.4. The molecule has 0 atom stereocenters. The Kier molecular flexibility index (Phi) is 5.96. The van der Waals surface area contributed by atoms with E-state index in [-0.39, 0.29) is 5.91 Å². The molecule has 0 spiro atoms. The monoisotopic (exact) mass is 389 g/mol. The van der Waals surface area contributed by atoms with Crippen LogP contribution in [0.3, 0.4) is 0 Å². The first kappa shape index (κ1) is 18.5. The molecule has 26 heavy (non-hydrogen) atoms. The van der Waals surface area contributed by atoms with Gasteiger partial charge < -0.3 is 15.5 Å². The Bertz CT molecular complexity index is 834. The van der Waals surface area contributed by atoms with Gasteiger partial charge in [-0.1, -0.05) is 23.7 Å². The molecule has 0 bridgehead atoms. The van der Waals surface area contributed by atoms with Gasteiger partial charge in [-0.2, -0.15) is 0 Å². The normalized spacial score (nSPS) is 15.3. The lowest BCUT2D eigenvalue weighted by Gasteiger charge is -2.19. The molecule has 0 aliphatic carbocycles. The van der Waals surface area contributed by atoms with Gasteiger partial charge in [-0.05, 0) is 42.3 Å². The third-order valence-corrected chi connectivity index (χ3v) is 5.58. The molecule has 1 aromatic heterocycles. The number of halogens is 1. The first-order chi connectivity index (χ1) is 12.5. The second-order valence-corrected chi connectivity index (χ2v) is 7.60. The zero-order valence-electron chi connectivity index (χ0n) is 14.2. The highest BCUT2D eigenvalue weighted by Crippen LogP contribution is 2.30. The molecule has 2 heterocycles. The van der Waals surface area contributed by atoms with E-state index < -0.39 is 6.03 Å². The molecular formula is C19H20ClN3O2S. The van der Waals surface area contributed by atoms with Crippen molar-refractivity contribution in [1.82, 2.24) is 9.80 Å². The van der Waals surface area contributed by atoms with E-state index in [0.717, 1.165) is 21.7 Å². The summed E-state index contributed by atoms with van der Waals surface area (Å²) in [4.78, 5) is 29.1. The summed E-state index contributed by atoms with van der Waals surface area (Å²) in [5.41, 5.74) is 6.38. The van der Waals surface area contributed by atoms with Crippen LogP contribution >= 0.6 is 22.9 Å². The van der Waals surface area contributed by atoms with Gasteiger partial charge in [0.25, 0.3) is 0 Å². The molecule has 1 aromatic carbocycles. The maximum absolute atomic E-state index is 12.4. The summed E-state index contributed by atoms with van der Waals surface area (Å²) in [5, 5.41) is 0.703. The van der Waals surface area contributed by atoms with Crippen molar-refractivity contribution in [3.8, 4) is 10.4 Å². The highest BCUT2D eigenvalue weighted by Gasteiger charge is 2.19. The van der Waals surface area contributed by atoms with Gasteiger partial charge in [0.2, 0.25) is 5.91 Å². The third-order valence-electron chi connectivity index (χ3n) is 4.25. The van der Waals surface area contributed by atoms with E-state index in [2.05, 4.69) is 0 Å². The third kappa shape index (κ3) is 4.65. The highest BCUT2D eigenvalue weighted by molar-refractivity contribution is 7.16. The van der Waals surface area contributed by atoms with E-state index in [1.807, 2.05) is 42.5 Å². The fourth-order valence-corrected chi connectivity index (χ4v) is 3.95. The number of benzene rings is 1. The Balaban J connectivity index is 1.63. The Morgan fingerprint density at radius 1 is 1.08 bits per heavy atom. The zero-order chi connectivity index (χ0) is 18.5. The molecule has 1 saturated heterocycles. The number of carbonyl (C=O) groups is 2. The number of hydrogen-bond donors (Lipinski definition) is 1. The fraction of sp³-hybridized carbons (Fsp3) is 0.263. The Morgan fingerprint density at radius 3 is 2.62 bits per heavy atom. The summed E-state index contributed by atoms with van der Waals surface area (Å²) < 4.78 is 0. The van der Waals surface area contributed by atoms with Crippen molar-refractivity contribution in [2.75, 3.05) is 26.2 Å². The minimum Gasteiger partial charge on any atom is -0.351 e. The molecule has 2 N–H and O–H groups in total. The summed E-state index contributed by atoms with van der Waals surface area (Å²) >= 11 is 7.65. The second-order valence-electron chi connectivity index (χ2n) is 6.05. The molecule has 0 unspecified atom stereocenters. The number of hydrogen-bond acceptors (Lipinski definition) is 3. The van der Waals surface area contributed by atoms with Crippen LogP contribution in [-0.4, -0.2) is 47.9 Å². The van der Waals surface area contributed by atoms with Crippen molar-refractivity contribution >= 4 is 41.0 Å². The number of carbonyl (C=O) groups excluding carboxylic acids is 2. The van der Waals surface area contributed by atoms with Crippen molar-refractivity contribution in [3.05, 3.63) is 52.4 Å². The lowest BCUT2D eigenvalue weighted by atomic mass is 10.2. The lowest BCUT2D eigenvalue weighted by molar-refractivity contribution is -0.125. The minimum absolute atomic E-state index is 0.0472. The summed E-state index contributed by atoms with van der Waals surface area (Å²) in [6.45, 7) is 2.21. The molecular weight excluding hydrogens is 370 g/mol. The van der Waals surface area contributed by atoms with Crippen LogP contribution < -0.4 is 5.73 Å². The summed E-state index contributed by atoms with van der Waals surface area (Å²) in [6, 6.07) is 11.3. The van der Waals surface area contributed by atoms with Crippen molar-refractivity contribution < 1.29 is 9.59 Å². The topological polar surface area (TPSA) is 66.6 Å². The molecule has 3 rings (SSSR count). The van der Waals surface area contributed by atoms with Gasteiger partial charge in [0, 0.05) is 47.0 Å². The number of urea groups is 1. The Hall–Kier alpha value is -2.31. The van der Waals surface area contributed by atoms with Crippen LogP contribution in [0.1, 0.15) is 11.3 Å². The average molecular weight is 390 g/mol. The highest BCUT2D eigenvalue weighted by atomic mass is 35.5. The molecule has 0 saturated carbocycles. The number of amides is 3. The van der Waals surface area contributed by atoms with E-state index in [0.29, 0.717) is 31.2 Å². The van der Waals surface area contributed by atoms with Gasteiger partial charge in [-0.15, -0.1) is 11.3 Å². The second kappa shape index (κ2) is 8.38. The SMILES string of the molecule is NC(=O)N1CCCN(C(=O)C=Cc2ccc(-c3cccc(Cl)c3)s2)CC1. The van der Waals surface area contributed by atoms with Gasteiger partial charge >= 0.3 is 6.03 Å². The standard InChI is InChI=1S/C19H20ClN3O2S/c20-15-4-1-3-14(13-15)17-7-5-16(26-17)6-8-18(24)22-9-2-10-23(12-11-22)19(21)25/h1,3-8,13H,2,9-12H2,(H2,21,25). The molecule has 5 nitrogen and oxygen atoms in total. The number of nitrogens with two attached hydrogens (primary N) is 1. The van der Waals surface area contributed by atoms with Crippen LogP contribution in [0, 0.1) is 0 Å². The Labute approximate surface area is 161 Å². The van der Waals surface area contributed by atoms with E-state index in [9.17, 15) is 9.59 Å². The minimum atomic E-state index is -0.429. The summed E-state index contributed by atoms with van der Waals surface area (Å²) in [7, 11) is 0. The van der Waals surface area contributed by atoms with Gasteiger partial charge in [0.05, 0.1) is 0 Å². The molecule has 1 aliphatic heterocycles. The molecule has 0 radical (unpaired) electrons. The average Bonchev–Trinajstić information content (AvgIpc) is 2.95. The quantitative estimate of drug-likeness (QED) is 0.813. The predicted octanol–water partition coefficient (Wildman–Crippen LogP) is 3.69. The fourth-order valence-electron chi connectivity index (χ4n) is 2.86. The zero-order valence-corrected chi connectivity index (χ0v) is 15.8. The van der Waals surface area contributed by atoms with Crippen LogP contribution in [-0.2, 0) is 4.79 Å². The van der Waals surface area contributed by atoms with E-state index in [1.165, 1.54) is 0 Å². The van der Waals surface area contributed by atoms with E-state index in [4.69, 9.17) is 17.3 Å². The van der Waals surface area contributed by atoms with Crippen LogP contribution in [0.25, 0.3) is 16.5 Å². The molecule has 7 heteroatoms. The Morgan fingerprint density at radius 2 is 1.85 bits per heavy atom. The van der Waals surface area contributed by atoms with Gasteiger partial charge in [0.15, 0.2) is 0 Å². The number of rotatable bonds is 3. The smallest absolute Gasteiger partial charge is 0.314 e. The van der Waals surface area contributed by atoms with Crippen molar-refractivity contribution in [3.63, 3.8) is 0 Å². The van der Waals surface area contributed by atoms with E-state index >= 15 is 0 Å². The van der Waals surface area contributed by atoms with Gasteiger partial charge in [0.1, 0.15) is 0 Å². The van der Waals surface area contributed by atoms with Crippen molar-refractivity contribution in [2.45, 2.75) is 6.42 Å². The summed E-state index contributed by atoms with van der Waals surface area (Å²) in [6.07, 6.45) is 4.16. The molecule has 3 amide bonds. The van der Waals surface area contributed by atoms with Crippen molar-refractivity contribution in [1.29, 1.82) is 0 Å². The number of thiophene rings is 1. The molecule has 1 aliphatic rings. The van der Waals surface area contributed by atoms with Gasteiger partial charge in [-0.25, -0.2) is 4.79 Å². The van der Waals surface area contributed by atoms with E-state index in [1.54, 1.807) is 27.2 Å². The van der Waals surface area contributed by atoms with Crippen LogP contribution in [0.2, 0.25) is 5.02 Å². The van der Waals surface area contributed by atoms with Crippen LogP contribution in [0.5, 0.6) is 0 Å². The van der Waals surface area contributed by atoms with Crippen LogP contribution in [0.4, 0.5) is 4.79 Å². The lowest BCUT2D eigenvalue weighted by Crippen LogP contribution is -2.39. The van der Waals surface area contributed by atoms with Crippen LogP contribution in [0.15, 0.2) is 42.5 Å². The molecule has 136 valence electrons. The number of primary amides is 1. The first-order valence-electron chi connectivity index (χ1n) is 8.40. The summed E-state index contributed by atoms with van der Waals surface area (Å²) in [5.74, 6) is -0.0472. The largest absolute Gasteiger partial charge is 0.351 e. The number of nitrogens with zero attached hydrogens (tertiary/aromatic N) is 2.